The van der Waals surface area contributed by atoms with Gasteiger partial charge < -0.3 is 15.2 Å². The van der Waals surface area contributed by atoms with Gasteiger partial charge in [-0.15, -0.1) is 0 Å². The average Bonchev–Trinajstić information content (AvgIpc) is 3.35. The molecule has 1 unspecified atom stereocenters. The number of rotatable bonds is 3. The van der Waals surface area contributed by atoms with E-state index in [0.29, 0.717) is 16.9 Å². The van der Waals surface area contributed by atoms with Crippen molar-refractivity contribution in [2.24, 2.45) is 5.41 Å². The van der Waals surface area contributed by atoms with Gasteiger partial charge in [-0.2, -0.15) is 5.26 Å². The van der Waals surface area contributed by atoms with E-state index in [4.69, 9.17) is 0 Å². The molecule has 4 rings (SSSR count). The number of nitriles is 1. The maximum atomic E-state index is 12.6. The molecule has 0 aromatic carbocycles. The van der Waals surface area contributed by atoms with Crippen LogP contribution in [0.15, 0.2) is 4.79 Å². The lowest BCUT2D eigenvalue weighted by molar-refractivity contribution is 0.383. The first-order valence-electron chi connectivity index (χ1n) is 9.32. The first kappa shape index (κ1) is 15.7. The average molecular weight is 326 g/mol. The van der Waals surface area contributed by atoms with Crippen LogP contribution in [0.3, 0.4) is 0 Å². The molecule has 128 valence electrons. The van der Waals surface area contributed by atoms with Crippen LogP contribution >= 0.6 is 0 Å². The molecule has 0 radical (unpaired) electrons. The molecule has 1 aliphatic carbocycles. The summed E-state index contributed by atoms with van der Waals surface area (Å²) >= 11 is 0. The summed E-state index contributed by atoms with van der Waals surface area (Å²) in [5, 5.41) is 13.1. The molecule has 24 heavy (non-hydrogen) atoms. The molecule has 1 saturated carbocycles. The second-order valence-corrected chi connectivity index (χ2v) is 7.79. The Morgan fingerprint density at radius 3 is 2.67 bits per heavy atom. The summed E-state index contributed by atoms with van der Waals surface area (Å²) < 4.78 is 0. The largest absolute Gasteiger partial charge is 0.370 e. The Kier molecular flexibility index (Phi) is 3.88. The van der Waals surface area contributed by atoms with Gasteiger partial charge in [-0.05, 0) is 37.5 Å². The number of pyridine rings is 1. The lowest BCUT2D eigenvalue weighted by Crippen LogP contribution is -2.40. The third kappa shape index (κ3) is 2.53. The molecule has 1 aromatic heterocycles. The summed E-state index contributed by atoms with van der Waals surface area (Å²) in [6, 6.07) is 2.18. The second kappa shape index (κ2) is 5.93. The third-order valence-electron chi connectivity index (χ3n) is 6.27. The first-order chi connectivity index (χ1) is 11.7. The number of piperidine rings is 1. The molecule has 5 nitrogen and oxygen atoms in total. The van der Waals surface area contributed by atoms with Gasteiger partial charge >= 0.3 is 0 Å². The fraction of sp³-hybridized carbons (Fsp3) is 0.684. The molecule has 5 heteroatoms. The molecule has 1 saturated heterocycles. The van der Waals surface area contributed by atoms with Crippen LogP contribution in [0.1, 0.15) is 68.2 Å². The maximum absolute atomic E-state index is 12.6. The van der Waals surface area contributed by atoms with Crippen LogP contribution in [-0.4, -0.2) is 24.6 Å². The Hall–Kier alpha value is -1.80. The minimum atomic E-state index is -0.207. The van der Waals surface area contributed by atoms with Gasteiger partial charge in [-0.3, -0.25) is 4.79 Å². The van der Waals surface area contributed by atoms with Crippen LogP contribution in [0.5, 0.6) is 0 Å². The number of nitrogens with one attached hydrogen (secondary N) is 2. The molecule has 2 N–H and O–H groups in total. The highest BCUT2D eigenvalue weighted by Gasteiger charge is 2.45. The van der Waals surface area contributed by atoms with Crippen molar-refractivity contribution in [3.8, 4) is 6.07 Å². The van der Waals surface area contributed by atoms with Crippen LogP contribution in [0.2, 0.25) is 0 Å². The summed E-state index contributed by atoms with van der Waals surface area (Å²) in [6.45, 7) is 5.78. The molecule has 2 aliphatic heterocycles. The van der Waals surface area contributed by atoms with E-state index in [1.807, 2.05) is 0 Å². The van der Waals surface area contributed by atoms with E-state index in [9.17, 15) is 10.1 Å². The zero-order valence-corrected chi connectivity index (χ0v) is 14.5. The van der Waals surface area contributed by atoms with E-state index >= 15 is 0 Å². The first-order valence-corrected chi connectivity index (χ1v) is 9.32. The number of anilines is 1. The molecule has 1 aromatic rings. The lowest BCUT2D eigenvalue weighted by Gasteiger charge is -2.37. The van der Waals surface area contributed by atoms with Gasteiger partial charge in [0.15, 0.2) is 0 Å². The van der Waals surface area contributed by atoms with Gasteiger partial charge in [0.05, 0.1) is 5.69 Å². The summed E-state index contributed by atoms with van der Waals surface area (Å²) in [7, 11) is 0. The Morgan fingerprint density at radius 2 is 2.04 bits per heavy atom. The van der Waals surface area contributed by atoms with E-state index < -0.39 is 0 Å². The van der Waals surface area contributed by atoms with E-state index in [0.717, 1.165) is 56.0 Å². The van der Waals surface area contributed by atoms with Crippen molar-refractivity contribution in [2.75, 3.05) is 24.5 Å². The van der Waals surface area contributed by atoms with E-state index in [1.54, 1.807) is 0 Å². The molecule has 0 bridgehead atoms. The number of aromatic amines is 1. The summed E-state index contributed by atoms with van der Waals surface area (Å²) in [6.07, 6.45) is 7.27. The predicted molar refractivity (Wildman–Crippen MR) is 94.2 cm³/mol. The van der Waals surface area contributed by atoms with Gasteiger partial charge in [-0.25, -0.2) is 0 Å². The molecule has 3 heterocycles. The number of hydrogen-bond donors (Lipinski definition) is 2. The maximum Gasteiger partial charge on any atom is 0.268 e. The van der Waals surface area contributed by atoms with Crippen molar-refractivity contribution in [2.45, 2.75) is 57.9 Å². The highest BCUT2D eigenvalue weighted by molar-refractivity contribution is 5.66. The van der Waals surface area contributed by atoms with Crippen molar-refractivity contribution in [3.63, 3.8) is 0 Å². The molecule has 1 spiro atoms. The van der Waals surface area contributed by atoms with E-state index in [-0.39, 0.29) is 5.56 Å². The van der Waals surface area contributed by atoms with Crippen LogP contribution in [0, 0.1) is 16.7 Å². The van der Waals surface area contributed by atoms with Gasteiger partial charge in [0.1, 0.15) is 11.6 Å². The zero-order valence-electron chi connectivity index (χ0n) is 14.5. The zero-order chi connectivity index (χ0) is 16.7. The van der Waals surface area contributed by atoms with E-state index in [1.165, 1.54) is 25.7 Å². The topological polar surface area (TPSA) is 71.9 Å². The van der Waals surface area contributed by atoms with Gasteiger partial charge in [0.2, 0.25) is 0 Å². The van der Waals surface area contributed by atoms with Gasteiger partial charge in [0, 0.05) is 43.4 Å². The second-order valence-electron chi connectivity index (χ2n) is 7.79. The van der Waals surface area contributed by atoms with Crippen molar-refractivity contribution in [1.29, 1.82) is 5.26 Å². The number of H-pyrrole nitrogens is 1. The summed E-state index contributed by atoms with van der Waals surface area (Å²) in [4.78, 5) is 17.9. The molecule has 0 amide bonds. The number of aromatic nitrogens is 1. The molecular weight excluding hydrogens is 300 g/mol. The number of nitrogens with zero attached hydrogens (tertiary/aromatic N) is 2. The summed E-state index contributed by atoms with van der Waals surface area (Å²) in [5.74, 6) is 0.345. The van der Waals surface area contributed by atoms with Gasteiger partial charge in [-0.1, -0.05) is 13.3 Å². The Balaban J connectivity index is 1.77. The summed E-state index contributed by atoms with van der Waals surface area (Å²) in [5.41, 5.74) is 3.83. The minimum absolute atomic E-state index is 0.207. The Morgan fingerprint density at radius 1 is 1.29 bits per heavy atom. The molecular formula is C19H26N4O. The smallest absolute Gasteiger partial charge is 0.268 e. The quantitative estimate of drug-likeness (QED) is 0.895. The SMILES string of the molecule is CCCC1CNCc2c1[nH]c(=O)c(C#N)c2N1CCC2(CC1)CC2. The van der Waals surface area contributed by atoms with Crippen LogP contribution in [0.4, 0.5) is 5.69 Å². The minimum Gasteiger partial charge on any atom is -0.370 e. The fourth-order valence-electron chi connectivity index (χ4n) is 4.58. The number of hydrogen-bond acceptors (Lipinski definition) is 4. The lowest BCUT2D eigenvalue weighted by atomic mass is 9.88. The monoisotopic (exact) mass is 326 g/mol. The van der Waals surface area contributed by atoms with Crippen LogP contribution < -0.4 is 15.8 Å². The molecule has 2 fully saturated rings. The Bertz CT molecular complexity index is 731. The predicted octanol–water partition coefficient (Wildman–Crippen LogP) is 2.61. The highest BCUT2D eigenvalue weighted by atomic mass is 16.1. The van der Waals surface area contributed by atoms with Crippen LogP contribution in [-0.2, 0) is 6.54 Å². The standard InChI is InChI=1S/C19H26N4O/c1-2-3-13-11-21-12-15-16(13)22-18(24)14(10-20)17(15)23-8-6-19(4-5-19)7-9-23/h13,21H,2-9,11-12H2,1H3,(H,22,24). The van der Waals surface area contributed by atoms with Crippen molar-refractivity contribution in [1.82, 2.24) is 10.3 Å². The highest BCUT2D eigenvalue weighted by Crippen LogP contribution is 2.54. The molecule has 1 atom stereocenters. The number of fused-ring (bicyclic) bond motifs is 1. The van der Waals surface area contributed by atoms with Crippen molar-refractivity contribution >= 4 is 5.69 Å². The van der Waals surface area contributed by atoms with Crippen molar-refractivity contribution in [3.05, 3.63) is 27.2 Å². The molecule has 3 aliphatic rings. The fourth-order valence-corrected chi connectivity index (χ4v) is 4.58. The Labute approximate surface area is 143 Å². The van der Waals surface area contributed by atoms with Crippen molar-refractivity contribution < 1.29 is 0 Å². The normalized spacial score (nSPS) is 24.5. The van der Waals surface area contributed by atoms with Gasteiger partial charge in [0.25, 0.3) is 5.56 Å². The van der Waals surface area contributed by atoms with Crippen LogP contribution in [0.25, 0.3) is 0 Å². The van der Waals surface area contributed by atoms with E-state index in [2.05, 4.69) is 28.2 Å². The third-order valence-corrected chi connectivity index (χ3v) is 6.27.